The Labute approximate surface area is 167 Å². The number of morpholine rings is 1. The predicted octanol–water partition coefficient (Wildman–Crippen LogP) is 2.76. The molecule has 0 aromatic heterocycles. The highest BCUT2D eigenvalue weighted by Crippen LogP contribution is 2.30. The number of carbonyl (C=O) groups is 1. The van der Waals surface area contributed by atoms with Crippen LogP contribution in [-0.4, -0.2) is 52.0 Å². The Kier molecular flexibility index (Phi) is 6.19. The molecule has 1 aliphatic rings. The van der Waals surface area contributed by atoms with E-state index in [0.717, 1.165) is 6.07 Å². The van der Waals surface area contributed by atoms with Gasteiger partial charge in [-0.05, 0) is 36.4 Å². The molecule has 2 aromatic rings. The Morgan fingerprint density at radius 3 is 2.61 bits per heavy atom. The van der Waals surface area contributed by atoms with Gasteiger partial charge in [-0.2, -0.15) is 4.31 Å². The third kappa shape index (κ3) is 4.27. The SMILES string of the molecule is COc1ccc(NC(=O)c2cc(Cl)ccc2F)cc1S(=O)(=O)N1CCOCC1. The number of hydrogen-bond acceptors (Lipinski definition) is 5. The van der Waals surface area contributed by atoms with Gasteiger partial charge in [0.25, 0.3) is 5.91 Å². The maximum Gasteiger partial charge on any atom is 0.258 e. The fourth-order valence-corrected chi connectivity index (χ4v) is 4.51. The molecule has 3 rings (SSSR count). The molecule has 150 valence electrons. The summed E-state index contributed by atoms with van der Waals surface area (Å²) in [6.45, 7) is 1.03. The number of halogens is 2. The van der Waals surface area contributed by atoms with Gasteiger partial charge in [-0.1, -0.05) is 11.6 Å². The fraction of sp³-hybridized carbons (Fsp3) is 0.278. The second-order valence-electron chi connectivity index (χ2n) is 5.96. The van der Waals surface area contributed by atoms with E-state index in [1.165, 1.54) is 41.7 Å². The van der Waals surface area contributed by atoms with Gasteiger partial charge in [-0.25, -0.2) is 12.8 Å². The van der Waals surface area contributed by atoms with Crippen molar-refractivity contribution in [2.75, 3.05) is 38.7 Å². The first kappa shape index (κ1) is 20.5. The zero-order chi connectivity index (χ0) is 20.3. The van der Waals surface area contributed by atoms with Gasteiger partial charge in [0.2, 0.25) is 10.0 Å². The molecule has 10 heteroatoms. The summed E-state index contributed by atoms with van der Waals surface area (Å²) in [6.07, 6.45) is 0. The Balaban J connectivity index is 1.92. The minimum atomic E-state index is -3.86. The zero-order valence-corrected chi connectivity index (χ0v) is 16.5. The van der Waals surface area contributed by atoms with Crippen molar-refractivity contribution in [3.05, 3.63) is 52.8 Å². The molecule has 7 nitrogen and oxygen atoms in total. The van der Waals surface area contributed by atoms with E-state index < -0.39 is 21.7 Å². The lowest BCUT2D eigenvalue weighted by Gasteiger charge is -2.26. The normalized spacial score (nSPS) is 15.2. The van der Waals surface area contributed by atoms with Crippen LogP contribution in [0.3, 0.4) is 0 Å². The van der Waals surface area contributed by atoms with Crippen LogP contribution in [-0.2, 0) is 14.8 Å². The van der Waals surface area contributed by atoms with Gasteiger partial charge in [0.1, 0.15) is 16.5 Å². The summed E-state index contributed by atoms with van der Waals surface area (Å²) in [4.78, 5) is 12.3. The molecule has 0 atom stereocenters. The Morgan fingerprint density at radius 1 is 1.21 bits per heavy atom. The zero-order valence-electron chi connectivity index (χ0n) is 14.9. The highest BCUT2D eigenvalue weighted by molar-refractivity contribution is 7.89. The fourth-order valence-electron chi connectivity index (χ4n) is 2.75. The monoisotopic (exact) mass is 428 g/mol. The van der Waals surface area contributed by atoms with Crippen molar-refractivity contribution in [1.82, 2.24) is 4.31 Å². The Bertz CT molecular complexity index is 993. The molecule has 0 unspecified atom stereocenters. The van der Waals surface area contributed by atoms with Crippen LogP contribution >= 0.6 is 11.6 Å². The molecule has 0 radical (unpaired) electrons. The Morgan fingerprint density at radius 2 is 1.93 bits per heavy atom. The maximum atomic E-state index is 13.9. The van der Waals surface area contributed by atoms with Crippen LogP contribution in [0, 0.1) is 5.82 Å². The van der Waals surface area contributed by atoms with E-state index >= 15 is 0 Å². The van der Waals surface area contributed by atoms with Crippen molar-refractivity contribution in [2.45, 2.75) is 4.90 Å². The van der Waals surface area contributed by atoms with E-state index in [1.807, 2.05) is 0 Å². The number of benzene rings is 2. The highest BCUT2D eigenvalue weighted by Gasteiger charge is 2.29. The van der Waals surface area contributed by atoms with Crippen molar-refractivity contribution in [2.24, 2.45) is 0 Å². The van der Waals surface area contributed by atoms with Gasteiger partial charge in [-0.3, -0.25) is 4.79 Å². The minimum absolute atomic E-state index is 0.0960. The molecule has 1 fully saturated rings. The molecule has 28 heavy (non-hydrogen) atoms. The summed E-state index contributed by atoms with van der Waals surface area (Å²) in [5, 5.41) is 2.70. The topological polar surface area (TPSA) is 84.9 Å². The lowest BCUT2D eigenvalue weighted by Crippen LogP contribution is -2.40. The second-order valence-corrected chi connectivity index (χ2v) is 8.30. The average Bonchev–Trinajstić information content (AvgIpc) is 2.70. The molecule has 1 aliphatic heterocycles. The molecular weight excluding hydrogens is 411 g/mol. The smallest absolute Gasteiger partial charge is 0.258 e. The van der Waals surface area contributed by atoms with Crippen LogP contribution in [0.2, 0.25) is 5.02 Å². The van der Waals surface area contributed by atoms with E-state index in [-0.39, 0.29) is 40.0 Å². The quantitative estimate of drug-likeness (QED) is 0.791. The lowest BCUT2D eigenvalue weighted by atomic mass is 10.2. The van der Waals surface area contributed by atoms with Crippen molar-refractivity contribution in [1.29, 1.82) is 0 Å². The van der Waals surface area contributed by atoms with Gasteiger partial charge in [-0.15, -0.1) is 0 Å². The molecule has 1 amide bonds. The number of hydrogen-bond donors (Lipinski definition) is 1. The maximum absolute atomic E-state index is 13.9. The number of nitrogens with one attached hydrogen (secondary N) is 1. The summed E-state index contributed by atoms with van der Waals surface area (Å²) < 4.78 is 51.5. The third-order valence-electron chi connectivity index (χ3n) is 4.18. The van der Waals surface area contributed by atoms with Gasteiger partial charge in [0.05, 0.1) is 25.9 Å². The second kappa shape index (κ2) is 8.44. The number of methoxy groups -OCH3 is 1. The van der Waals surface area contributed by atoms with Crippen LogP contribution in [0.25, 0.3) is 0 Å². The first-order chi connectivity index (χ1) is 13.3. The van der Waals surface area contributed by atoms with Crippen molar-refractivity contribution >= 4 is 33.2 Å². The molecular formula is C18H18ClFN2O5S. The number of carbonyl (C=O) groups excluding carboxylic acids is 1. The number of anilines is 1. The number of nitrogens with zero attached hydrogens (tertiary/aromatic N) is 1. The lowest BCUT2D eigenvalue weighted by molar-refractivity contribution is 0.0729. The molecule has 0 aliphatic carbocycles. The number of rotatable bonds is 5. The molecule has 0 spiro atoms. The van der Waals surface area contributed by atoms with Crippen molar-refractivity contribution in [3.63, 3.8) is 0 Å². The summed E-state index contributed by atoms with van der Waals surface area (Å²) >= 11 is 5.82. The third-order valence-corrected chi connectivity index (χ3v) is 6.34. The molecule has 2 aromatic carbocycles. The van der Waals surface area contributed by atoms with Crippen LogP contribution < -0.4 is 10.1 Å². The van der Waals surface area contributed by atoms with Crippen LogP contribution in [0.15, 0.2) is 41.3 Å². The molecule has 1 heterocycles. The largest absolute Gasteiger partial charge is 0.495 e. The van der Waals surface area contributed by atoms with Crippen LogP contribution in [0.5, 0.6) is 5.75 Å². The van der Waals surface area contributed by atoms with E-state index in [9.17, 15) is 17.6 Å². The summed E-state index contributed by atoms with van der Waals surface area (Å²) in [5.74, 6) is -1.35. The van der Waals surface area contributed by atoms with E-state index in [2.05, 4.69) is 5.32 Å². The highest BCUT2D eigenvalue weighted by atomic mass is 35.5. The van der Waals surface area contributed by atoms with Crippen LogP contribution in [0.4, 0.5) is 10.1 Å². The van der Waals surface area contributed by atoms with Crippen LogP contribution in [0.1, 0.15) is 10.4 Å². The van der Waals surface area contributed by atoms with Crippen molar-refractivity contribution < 1.29 is 27.1 Å². The van der Waals surface area contributed by atoms with Gasteiger partial charge < -0.3 is 14.8 Å². The standard InChI is InChI=1S/C18H18ClFN2O5S/c1-26-16-5-3-13(21-18(23)14-10-12(19)2-4-15(14)20)11-17(16)28(24,25)22-6-8-27-9-7-22/h2-5,10-11H,6-9H2,1H3,(H,21,23). The first-order valence-electron chi connectivity index (χ1n) is 8.35. The van der Waals surface area contributed by atoms with Gasteiger partial charge in [0.15, 0.2) is 0 Å². The van der Waals surface area contributed by atoms with E-state index in [4.69, 9.17) is 21.1 Å². The van der Waals surface area contributed by atoms with Gasteiger partial charge in [0, 0.05) is 23.8 Å². The predicted molar refractivity (Wildman–Crippen MR) is 102 cm³/mol. The molecule has 0 bridgehead atoms. The summed E-state index contributed by atoms with van der Waals surface area (Å²) in [6, 6.07) is 7.79. The molecule has 1 N–H and O–H groups in total. The minimum Gasteiger partial charge on any atom is -0.495 e. The van der Waals surface area contributed by atoms with E-state index in [1.54, 1.807) is 0 Å². The molecule has 0 saturated carbocycles. The Hall–Kier alpha value is -2.20. The number of amides is 1. The average molecular weight is 429 g/mol. The van der Waals surface area contributed by atoms with Gasteiger partial charge >= 0.3 is 0 Å². The number of sulfonamides is 1. The summed E-state index contributed by atoms with van der Waals surface area (Å²) in [7, 11) is -2.51. The van der Waals surface area contributed by atoms with E-state index in [0.29, 0.717) is 13.2 Å². The van der Waals surface area contributed by atoms with Crippen molar-refractivity contribution in [3.8, 4) is 5.75 Å². The summed E-state index contributed by atoms with van der Waals surface area (Å²) in [5.41, 5.74) is -0.0714. The molecule has 1 saturated heterocycles. The number of ether oxygens (including phenoxy) is 2. The first-order valence-corrected chi connectivity index (χ1v) is 10.2.